The Hall–Kier alpha value is -3.21. The second kappa shape index (κ2) is 8.86. The number of benzene rings is 2. The monoisotopic (exact) mass is 386 g/mol. The van der Waals surface area contributed by atoms with E-state index in [9.17, 15) is 4.79 Å². The molecular formula is C24H26N4O. The van der Waals surface area contributed by atoms with E-state index in [0.29, 0.717) is 12.2 Å². The van der Waals surface area contributed by atoms with E-state index in [1.54, 1.807) is 17.3 Å². The molecule has 148 valence electrons. The maximum atomic E-state index is 13.3. The van der Waals surface area contributed by atoms with Crippen LogP contribution in [0.1, 0.15) is 35.8 Å². The summed E-state index contributed by atoms with van der Waals surface area (Å²) in [6.45, 7) is 4.76. The van der Waals surface area contributed by atoms with Crippen molar-refractivity contribution in [3.8, 4) is 0 Å². The summed E-state index contributed by atoms with van der Waals surface area (Å²) in [5.41, 5.74) is 2.27. The summed E-state index contributed by atoms with van der Waals surface area (Å²) >= 11 is 0. The lowest BCUT2D eigenvalue weighted by Gasteiger charge is -2.31. The third-order valence-corrected chi connectivity index (χ3v) is 5.46. The van der Waals surface area contributed by atoms with E-state index in [1.807, 2.05) is 60.7 Å². The molecule has 1 amide bonds. The molecule has 0 unspecified atom stereocenters. The van der Waals surface area contributed by atoms with Crippen molar-refractivity contribution in [1.82, 2.24) is 9.97 Å². The van der Waals surface area contributed by atoms with Gasteiger partial charge < -0.3 is 9.80 Å². The van der Waals surface area contributed by atoms with Crippen LogP contribution in [0.3, 0.4) is 0 Å². The molecule has 1 saturated heterocycles. The van der Waals surface area contributed by atoms with Crippen LogP contribution >= 0.6 is 0 Å². The fraction of sp³-hybridized carbons (Fsp3) is 0.292. The summed E-state index contributed by atoms with van der Waals surface area (Å²) in [5, 5.41) is 0. The molecule has 0 aliphatic carbocycles. The van der Waals surface area contributed by atoms with E-state index in [-0.39, 0.29) is 5.91 Å². The number of piperidine rings is 1. The zero-order valence-electron chi connectivity index (χ0n) is 16.7. The molecule has 0 N–H and O–H groups in total. The molecule has 1 aromatic heterocycles. The number of para-hydroxylation sites is 1. The Bertz CT molecular complexity index is 920. The van der Waals surface area contributed by atoms with E-state index in [1.165, 1.54) is 12.8 Å². The number of anilines is 2. The summed E-state index contributed by atoms with van der Waals surface area (Å²) in [6, 6.07) is 19.7. The molecule has 29 heavy (non-hydrogen) atoms. The number of amides is 1. The van der Waals surface area contributed by atoms with Crippen LogP contribution in [0.25, 0.3) is 0 Å². The first-order valence-electron chi connectivity index (χ1n) is 10.2. The van der Waals surface area contributed by atoms with Gasteiger partial charge in [-0.25, -0.2) is 9.97 Å². The maximum Gasteiger partial charge on any atom is 0.278 e. The number of hydrogen-bond donors (Lipinski definition) is 0. The molecule has 2 heterocycles. The van der Waals surface area contributed by atoms with Crippen LogP contribution in [0, 0.1) is 5.92 Å². The zero-order valence-corrected chi connectivity index (χ0v) is 16.7. The van der Waals surface area contributed by atoms with Crippen LogP contribution in [0.5, 0.6) is 0 Å². The molecule has 1 fully saturated rings. The Morgan fingerprint density at radius 3 is 2.24 bits per heavy atom. The van der Waals surface area contributed by atoms with Gasteiger partial charge in [0.15, 0.2) is 0 Å². The second-order valence-corrected chi connectivity index (χ2v) is 7.64. The van der Waals surface area contributed by atoms with Crippen molar-refractivity contribution in [2.75, 3.05) is 22.9 Å². The zero-order chi connectivity index (χ0) is 20.1. The summed E-state index contributed by atoms with van der Waals surface area (Å²) in [5.74, 6) is 1.46. The van der Waals surface area contributed by atoms with Gasteiger partial charge in [-0.05, 0) is 36.5 Å². The first kappa shape index (κ1) is 19.1. The standard InChI is InChI=1S/C24H26N4O/c1-19-12-14-27(15-13-19)23-17-25-22(16-26-23)24(29)28(21-10-6-3-7-11-21)18-20-8-4-2-5-9-20/h2-11,16-17,19H,12-15,18H2,1H3. The van der Waals surface area contributed by atoms with Gasteiger partial charge in [0, 0.05) is 18.8 Å². The molecule has 3 aromatic rings. The third-order valence-electron chi connectivity index (χ3n) is 5.46. The van der Waals surface area contributed by atoms with Gasteiger partial charge in [0.1, 0.15) is 11.5 Å². The van der Waals surface area contributed by atoms with Crippen LogP contribution in [0.15, 0.2) is 73.1 Å². The lowest BCUT2D eigenvalue weighted by molar-refractivity contribution is 0.0980. The summed E-state index contributed by atoms with van der Waals surface area (Å²) in [4.78, 5) is 26.3. The summed E-state index contributed by atoms with van der Waals surface area (Å²) in [7, 11) is 0. The van der Waals surface area contributed by atoms with Crippen molar-refractivity contribution < 1.29 is 4.79 Å². The first-order valence-corrected chi connectivity index (χ1v) is 10.2. The molecule has 4 rings (SSSR count). The minimum atomic E-state index is -0.147. The SMILES string of the molecule is CC1CCN(c2cnc(C(=O)N(Cc3ccccc3)c3ccccc3)cn2)CC1. The fourth-order valence-corrected chi connectivity index (χ4v) is 3.63. The number of rotatable bonds is 5. The predicted molar refractivity (Wildman–Crippen MR) is 116 cm³/mol. The van der Waals surface area contributed by atoms with Crippen molar-refractivity contribution in [3.05, 3.63) is 84.3 Å². The van der Waals surface area contributed by atoms with Gasteiger partial charge in [-0.3, -0.25) is 4.79 Å². The molecule has 1 aliphatic rings. The predicted octanol–water partition coefficient (Wildman–Crippen LogP) is 4.56. The van der Waals surface area contributed by atoms with E-state index in [2.05, 4.69) is 21.8 Å². The van der Waals surface area contributed by atoms with E-state index in [4.69, 9.17) is 0 Å². The lowest BCUT2D eigenvalue weighted by atomic mass is 9.99. The highest BCUT2D eigenvalue weighted by molar-refractivity contribution is 6.04. The van der Waals surface area contributed by atoms with Crippen molar-refractivity contribution in [1.29, 1.82) is 0 Å². The van der Waals surface area contributed by atoms with Gasteiger partial charge in [-0.2, -0.15) is 0 Å². The highest BCUT2D eigenvalue weighted by Gasteiger charge is 2.21. The molecule has 2 aromatic carbocycles. The van der Waals surface area contributed by atoms with Gasteiger partial charge in [0.25, 0.3) is 5.91 Å². The van der Waals surface area contributed by atoms with Crippen LogP contribution in [-0.4, -0.2) is 29.0 Å². The van der Waals surface area contributed by atoms with Crippen molar-refractivity contribution in [3.63, 3.8) is 0 Å². The maximum absolute atomic E-state index is 13.3. The Morgan fingerprint density at radius 2 is 1.62 bits per heavy atom. The lowest BCUT2D eigenvalue weighted by Crippen LogP contribution is -2.34. The molecule has 5 heteroatoms. The number of carbonyl (C=O) groups is 1. The highest BCUT2D eigenvalue weighted by atomic mass is 16.2. The first-order chi connectivity index (χ1) is 14.2. The van der Waals surface area contributed by atoms with Crippen molar-refractivity contribution in [2.45, 2.75) is 26.3 Å². The van der Waals surface area contributed by atoms with Crippen molar-refractivity contribution in [2.24, 2.45) is 5.92 Å². The van der Waals surface area contributed by atoms with E-state index < -0.39 is 0 Å². The molecular weight excluding hydrogens is 360 g/mol. The normalized spacial score (nSPS) is 14.6. The van der Waals surface area contributed by atoms with Gasteiger partial charge in [0.05, 0.1) is 18.9 Å². The van der Waals surface area contributed by atoms with Gasteiger partial charge in [-0.15, -0.1) is 0 Å². The van der Waals surface area contributed by atoms with Crippen LogP contribution < -0.4 is 9.80 Å². The summed E-state index contributed by atoms with van der Waals surface area (Å²) in [6.07, 6.45) is 5.67. The summed E-state index contributed by atoms with van der Waals surface area (Å²) < 4.78 is 0. The van der Waals surface area contributed by atoms with Crippen molar-refractivity contribution >= 4 is 17.4 Å². The number of nitrogens with zero attached hydrogens (tertiary/aromatic N) is 4. The minimum absolute atomic E-state index is 0.147. The molecule has 0 atom stereocenters. The smallest absolute Gasteiger partial charge is 0.278 e. The Kier molecular flexibility index (Phi) is 5.84. The number of hydrogen-bond acceptors (Lipinski definition) is 4. The average Bonchev–Trinajstić information content (AvgIpc) is 2.79. The van der Waals surface area contributed by atoms with E-state index in [0.717, 1.165) is 36.1 Å². The quantitative estimate of drug-likeness (QED) is 0.645. The largest absolute Gasteiger partial charge is 0.355 e. The molecule has 0 radical (unpaired) electrons. The third kappa shape index (κ3) is 4.62. The molecule has 1 aliphatic heterocycles. The molecule has 5 nitrogen and oxygen atoms in total. The average molecular weight is 386 g/mol. The van der Waals surface area contributed by atoms with Crippen LogP contribution in [-0.2, 0) is 6.54 Å². The molecule has 0 saturated carbocycles. The van der Waals surface area contributed by atoms with Gasteiger partial charge >= 0.3 is 0 Å². The minimum Gasteiger partial charge on any atom is -0.355 e. The highest BCUT2D eigenvalue weighted by Crippen LogP contribution is 2.22. The molecule has 0 bridgehead atoms. The fourth-order valence-electron chi connectivity index (χ4n) is 3.63. The topological polar surface area (TPSA) is 49.3 Å². The van der Waals surface area contributed by atoms with Gasteiger partial charge in [-0.1, -0.05) is 55.5 Å². The Morgan fingerprint density at radius 1 is 0.966 bits per heavy atom. The Labute approximate surface area is 172 Å². The van der Waals surface area contributed by atoms with E-state index >= 15 is 0 Å². The number of aromatic nitrogens is 2. The Balaban J connectivity index is 1.55. The van der Waals surface area contributed by atoms with Gasteiger partial charge in [0.2, 0.25) is 0 Å². The number of carbonyl (C=O) groups excluding carboxylic acids is 1. The van der Waals surface area contributed by atoms with Crippen LogP contribution in [0.4, 0.5) is 11.5 Å². The molecule has 0 spiro atoms. The second-order valence-electron chi connectivity index (χ2n) is 7.64. The van der Waals surface area contributed by atoms with Crippen LogP contribution in [0.2, 0.25) is 0 Å².